The zero-order valence-corrected chi connectivity index (χ0v) is 12.5. The molecule has 21 heavy (non-hydrogen) atoms. The molecule has 0 spiro atoms. The Balaban J connectivity index is 1.90. The van der Waals surface area contributed by atoms with Gasteiger partial charge in [-0.1, -0.05) is 12.1 Å². The number of benzene rings is 1. The van der Waals surface area contributed by atoms with E-state index < -0.39 is 6.10 Å². The summed E-state index contributed by atoms with van der Waals surface area (Å²) in [5.41, 5.74) is 1.65. The molecule has 1 atom stereocenters. The second-order valence-corrected chi connectivity index (χ2v) is 5.06. The minimum absolute atomic E-state index is 0.323. The topological polar surface area (TPSA) is 50.8 Å². The molecule has 5 heteroatoms. The average molecular weight is 293 g/mol. The van der Waals surface area contributed by atoms with Crippen LogP contribution < -0.4 is 4.74 Å². The quantitative estimate of drug-likeness (QED) is 0.768. The second kappa shape index (κ2) is 8.34. The molecular weight excluding hydrogens is 270 g/mol. The molecule has 0 saturated carbocycles. The third-order valence-electron chi connectivity index (χ3n) is 3.63. The summed E-state index contributed by atoms with van der Waals surface area (Å²) in [4.78, 5) is 2.28. The van der Waals surface area contributed by atoms with E-state index >= 15 is 0 Å². The highest BCUT2D eigenvalue weighted by Crippen LogP contribution is 2.28. The van der Waals surface area contributed by atoms with Crippen LogP contribution in [0.2, 0.25) is 0 Å². The van der Waals surface area contributed by atoms with Gasteiger partial charge in [-0.3, -0.25) is 4.90 Å². The van der Waals surface area contributed by atoms with Gasteiger partial charge in [-0.05, 0) is 18.6 Å². The van der Waals surface area contributed by atoms with Gasteiger partial charge in [0.05, 0.1) is 26.9 Å². The smallest absolute Gasteiger partial charge is 0.125 e. The molecule has 1 unspecified atom stereocenters. The summed E-state index contributed by atoms with van der Waals surface area (Å²) in [5, 5.41) is 11.4. The van der Waals surface area contributed by atoms with E-state index in [1.807, 2.05) is 18.2 Å². The molecule has 1 heterocycles. The molecule has 0 N–H and O–H groups in total. The zero-order chi connectivity index (χ0) is 15.1. The predicted octanol–water partition coefficient (Wildman–Crippen LogP) is 1.70. The third-order valence-corrected chi connectivity index (χ3v) is 3.63. The van der Waals surface area contributed by atoms with Gasteiger partial charge >= 0.3 is 0 Å². The van der Waals surface area contributed by atoms with Gasteiger partial charge in [0, 0.05) is 25.2 Å². The fourth-order valence-electron chi connectivity index (χ4n) is 2.40. The van der Waals surface area contributed by atoms with Crippen molar-refractivity contribution in [3.05, 3.63) is 36.2 Å². The Morgan fingerprint density at radius 3 is 2.81 bits per heavy atom. The van der Waals surface area contributed by atoms with E-state index in [4.69, 9.17) is 14.2 Å². The van der Waals surface area contributed by atoms with Crippen LogP contribution in [0.5, 0.6) is 5.75 Å². The van der Waals surface area contributed by atoms with Crippen LogP contribution >= 0.6 is 0 Å². The maximum atomic E-state index is 11.4. The van der Waals surface area contributed by atoms with Crippen LogP contribution in [-0.4, -0.2) is 58.1 Å². The van der Waals surface area contributed by atoms with Gasteiger partial charge in [-0.2, -0.15) is 0 Å². The van der Waals surface area contributed by atoms with Gasteiger partial charge in [0.1, 0.15) is 18.5 Å². The fourth-order valence-corrected chi connectivity index (χ4v) is 2.40. The largest absolute Gasteiger partial charge is 0.496 e. The molecule has 0 aliphatic carbocycles. The van der Waals surface area contributed by atoms with Crippen molar-refractivity contribution >= 4 is 0 Å². The Kier molecular flexibility index (Phi) is 6.45. The Hall–Kier alpha value is -1.14. The first kappa shape index (κ1) is 16.2. The summed E-state index contributed by atoms with van der Waals surface area (Å²) in [5.74, 6) is 0.662. The Morgan fingerprint density at radius 2 is 2.14 bits per heavy atom. The summed E-state index contributed by atoms with van der Waals surface area (Å²) in [6, 6.07) is 5.55. The van der Waals surface area contributed by atoms with Gasteiger partial charge < -0.3 is 14.2 Å². The van der Waals surface area contributed by atoms with Crippen molar-refractivity contribution in [2.24, 2.45) is 0 Å². The minimum atomic E-state index is -0.485. The molecule has 1 fully saturated rings. The van der Waals surface area contributed by atoms with Crippen LogP contribution in [0, 0.1) is 6.92 Å². The molecule has 116 valence electrons. The number of morpholine rings is 1. The molecule has 1 aromatic carbocycles. The van der Waals surface area contributed by atoms with Crippen LogP contribution in [0.4, 0.5) is 0 Å². The lowest BCUT2D eigenvalue weighted by molar-refractivity contribution is -0.0305. The van der Waals surface area contributed by atoms with E-state index in [0.717, 1.165) is 44.0 Å². The molecule has 0 amide bonds. The molecule has 0 bridgehead atoms. The molecule has 1 aromatic rings. The summed E-state index contributed by atoms with van der Waals surface area (Å²) < 4.78 is 16.4. The molecule has 1 aliphatic rings. The van der Waals surface area contributed by atoms with Crippen molar-refractivity contribution < 1.29 is 19.3 Å². The van der Waals surface area contributed by atoms with Crippen molar-refractivity contribution in [1.82, 2.24) is 4.90 Å². The zero-order valence-electron chi connectivity index (χ0n) is 12.5. The summed E-state index contributed by atoms with van der Waals surface area (Å²) in [6.07, 6.45) is -0.485. The molecule has 2 radical (unpaired) electrons. The van der Waals surface area contributed by atoms with Crippen molar-refractivity contribution in [3.63, 3.8) is 0 Å². The summed E-state index contributed by atoms with van der Waals surface area (Å²) in [6.45, 7) is 8.26. The van der Waals surface area contributed by atoms with Crippen LogP contribution in [0.1, 0.15) is 17.2 Å². The number of methoxy groups -OCH3 is 1. The number of hydrogen-bond donors (Lipinski definition) is 0. The van der Waals surface area contributed by atoms with Gasteiger partial charge in [0.2, 0.25) is 0 Å². The SMILES string of the molecule is [CH2]c1ccc(C(C[O])OCCN2CCOCC2)c(OC)c1. The Bertz CT molecular complexity index is 432. The van der Waals surface area contributed by atoms with E-state index in [1.165, 1.54) is 0 Å². The standard InChI is InChI=1S/C16H23NO4/c1-13-3-4-14(15(11-13)19-2)16(12-18)21-10-7-17-5-8-20-9-6-17/h3-4,11,16H,1,5-10,12H2,2H3. The van der Waals surface area contributed by atoms with Crippen LogP contribution in [0.15, 0.2) is 18.2 Å². The number of rotatable bonds is 7. The number of ether oxygens (including phenoxy) is 3. The summed E-state index contributed by atoms with van der Waals surface area (Å²) >= 11 is 0. The Morgan fingerprint density at radius 1 is 1.38 bits per heavy atom. The van der Waals surface area contributed by atoms with Crippen molar-refractivity contribution in [2.75, 3.05) is 53.2 Å². The van der Waals surface area contributed by atoms with E-state index in [0.29, 0.717) is 12.4 Å². The lowest BCUT2D eigenvalue weighted by atomic mass is 10.1. The first-order valence-corrected chi connectivity index (χ1v) is 7.24. The highest BCUT2D eigenvalue weighted by Gasteiger charge is 2.18. The van der Waals surface area contributed by atoms with E-state index in [1.54, 1.807) is 7.11 Å². The second-order valence-electron chi connectivity index (χ2n) is 5.06. The van der Waals surface area contributed by atoms with Crippen molar-refractivity contribution in [3.8, 4) is 5.75 Å². The maximum absolute atomic E-state index is 11.4. The highest BCUT2D eigenvalue weighted by molar-refractivity contribution is 5.40. The third kappa shape index (κ3) is 4.68. The van der Waals surface area contributed by atoms with Crippen molar-refractivity contribution in [2.45, 2.75) is 6.10 Å². The van der Waals surface area contributed by atoms with Gasteiger partial charge in [-0.25, -0.2) is 5.11 Å². The average Bonchev–Trinajstić information content (AvgIpc) is 2.53. The van der Waals surface area contributed by atoms with E-state index in [9.17, 15) is 5.11 Å². The predicted molar refractivity (Wildman–Crippen MR) is 79.0 cm³/mol. The molecule has 5 nitrogen and oxygen atoms in total. The molecular formula is C16H23NO4. The van der Waals surface area contributed by atoms with Crippen LogP contribution in [0.25, 0.3) is 0 Å². The molecule has 1 aliphatic heterocycles. The monoisotopic (exact) mass is 293 g/mol. The summed E-state index contributed by atoms with van der Waals surface area (Å²) in [7, 11) is 1.59. The number of hydrogen-bond acceptors (Lipinski definition) is 4. The number of nitrogens with zero attached hydrogens (tertiary/aromatic N) is 1. The van der Waals surface area contributed by atoms with E-state index in [2.05, 4.69) is 11.8 Å². The minimum Gasteiger partial charge on any atom is -0.496 e. The lowest BCUT2D eigenvalue weighted by Crippen LogP contribution is -2.38. The molecule has 0 aromatic heterocycles. The van der Waals surface area contributed by atoms with Crippen LogP contribution in [0.3, 0.4) is 0 Å². The van der Waals surface area contributed by atoms with Gasteiger partial charge in [-0.15, -0.1) is 0 Å². The normalized spacial score (nSPS) is 17.7. The van der Waals surface area contributed by atoms with Crippen molar-refractivity contribution in [1.29, 1.82) is 0 Å². The first-order chi connectivity index (χ1) is 10.2. The maximum Gasteiger partial charge on any atom is 0.125 e. The lowest BCUT2D eigenvalue weighted by Gasteiger charge is -2.27. The molecule has 1 saturated heterocycles. The van der Waals surface area contributed by atoms with Gasteiger partial charge in [0.25, 0.3) is 0 Å². The first-order valence-electron chi connectivity index (χ1n) is 7.24. The van der Waals surface area contributed by atoms with Gasteiger partial charge in [0.15, 0.2) is 0 Å². The fraction of sp³-hybridized carbons (Fsp3) is 0.562. The Labute approximate surface area is 126 Å². The van der Waals surface area contributed by atoms with E-state index in [-0.39, 0.29) is 6.61 Å². The molecule has 2 rings (SSSR count). The highest BCUT2D eigenvalue weighted by atomic mass is 16.5. The van der Waals surface area contributed by atoms with Crippen LogP contribution in [-0.2, 0) is 14.6 Å².